The molecule has 1 atom stereocenters. The number of benzene rings is 2. The summed E-state index contributed by atoms with van der Waals surface area (Å²) in [5, 5.41) is 5.53. The first kappa shape index (κ1) is 21.7. The summed E-state index contributed by atoms with van der Waals surface area (Å²) in [4.78, 5) is 29.2. The largest absolute Gasteiger partial charge is 0.452 e. The Morgan fingerprint density at radius 2 is 1.87 bits per heavy atom. The van der Waals surface area contributed by atoms with Crippen molar-refractivity contribution in [3.8, 4) is 10.6 Å². The first-order valence-electron chi connectivity index (χ1n) is 9.97. The maximum absolute atomic E-state index is 12.4. The number of aromatic nitrogens is 1. The number of carbonyl (C=O) groups excluding carboxylic acids is 2. The topological polar surface area (TPSA) is 68.3 Å². The molecule has 1 N–H and O–H groups in total. The zero-order valence-electron chi connectivity index (χ0n) is 17.7. The van der Waals surface area contributed by atoms with Crippen LogP contribution in [0.4, 0.5) is 5.69 Å². The highest BCUT2D eigenvalue weighted by Gasteiger charge is 2.19. The first-order chi connectivity index (χ1) is 14.4. The molecule has 5 nitrogen and oxygen atoms in total. The van der Waals surface area contributed by atoms with Crippen LogP contribution in [0.1, 0.15) is 36.2 Å². The summed E-state index contributed by atoms with van der Waals surface area (Å²) in [7, 11) is 0. The second-order valence-corrected chi connectivity index (χ2v) is 8.17. The van der Waals surface area contributed by atoms with E-state index in [0.29, 0.717) is 11.4 Å². The molecule has 0 spiro atoms. The van der Waals surface area contributed by atoms with Gasteiger partial charge < -0.3 is 10.1 Å². The highest BCUT2D eigenvalue weighted by atomic mass is 32.1. The molecule has 1 amide bonds. The summed E-state index contributed by atoms with van der Waals surface area (Å²) < 4.78 is 5.31. The Bertz CT molecular complexity index is 1040. The Balaban J connectivity index is 1.55. The van der Waals surface area contributed by atoms with Crippen molar-refractivity contribution in [1.82, 2.24) is 4.98 Å². The van der Waals surface area contributed by atoms with Crippen molar-refractivity contribution in [2.75, 3.05) is 5.32 Å². The lowest BCUT2D eigenvalue weighted by molar-refractivity contribution is -0.152. The minimum atomic E-state index is -0.891. The Morgan fingerprint density at radius 1 is 1.13 bits per heavy atom. The molecule has 0 aliphatic carbocycles. The SMILES string of the molecule is CCc1ccc(-c2nc(CC(=O)O[C@H](C)C(=O)Nc3ccc(C)cc3C)cs2)cc1. The van der Waals surface area contributed by atoms with E-state index in [-0.39, 0.29) is 12.3 Å². The van der Waals surface area contributed by atoms with Crippen LogP contribution >= 0.6 is 11.3 Å². The third-order valence-corrected chi connectivity index (χ3v) is 5.74. The molecule has 0 bridgehead atoms. The molecule has 1 heterocycles. The van der Waals surface area contributed by atoms with E-state index in [1.807, 2.05) is 49.6 Å². The van der Waals surface area contributed by atoms with Crippen molar-refractivity contribution in [2.45, 2.75) is 46.6 Å². The van der Waals surface area contributed by atoms with Crippen molar-refractivity contribution in [2.24, 2.45) is 0 Å². The van der Waals surface area contributed by atoms with Crippen LogP contribution in [0, 0.1) is 13.8 Å². The van der Waals surface area contributed by atoms with Crippen LogP contribution in [0.2, 0.25) is 0 Å². The van der Waals surface area contributed by atoms with Crippen molar-refractivity contribution in [3.05, 3.63) is 70.2 Å². The van der Waals surface area contributed by atoms with E-state index in [1.165, 1.54) is 16.9 Å². The number of thiazole rings is 1. The second kappa shape index (κ2) is 9.67. The van der Waals surface area contributed by atoms with Gasteiger partial charge in [0, 0.05) is 16.6 Å². The number of nitrogens with one attached hydrogen (secondary N) is 1. The van der Waals surface area contributed by atoms with Crippen LogP contribution in [0.3, 0.4) is 0 Å². The fourth-order valence-electron chi connectivity index (χ4n) is 3.03. The van der Waals surface area contributed by atoms with Crippen molar-refractivity contribution < 1.29 is 14.3 Å². The Kier molecular flexibility index (Phi) is 7.00. The van der Waals surface area contributed by atoms with Gasteiger partial charge in [0.25, 0.3) is 5.91 Å². The van der Waals surface area contributed by atoms with Gasteiger partial charge in [-0.3, -0.25) is 9.59 Å². The van der Waals surface area contributed by atoms with Gasteiger partial charge in [-0.1, -0.05) is 48.9 Å². The molecule has 30 heavy (non-hydrogen) atoms. The first-order valence-corrected chi connectivity index (χ1v) is 10.8. The van der Waals surface area contributed by atoms with Gasteiger partial charge in [-0.25, -0.2) is 4.98 Å². The van der Waals surface area contributed by atoms with E-state index in [4.69, 9.17) is 4.74 Å². The highest BCUT2D eigenvalue weighted by molar-refractivity contribution is 7.13. The van der Waals surface area contributed by atoms with Crippen LogP contribution in [-0.2, 0) is 27.2 Å². The van der Waals surface area contributed by atoms with E-state index in [1.54, 1.807) is 6.92 Å². The smallest absolute Gasteiger partial charge is 0.312 e. The van der Waals surface area contributed by atoms with Gasteiger partial charge in [-0.05, 0) is 44.4 Å². The molecule has 0 unspecified atom stereocenters. The number of rotatable bonds is 7. The van der Waals surface area contributed by atoms with Crippen LogP contribution in [0.25, 0.3) is 10.6 Å². The summed E-state index contributed by atoms with van der Waals surface area (Å²) in [6.07, 6.45) is 0.132. The number of esters is 1. The normalized spacial score (nSPS) is 11.7. The van der Waals surface area contributed by atoms with E-state index in [9.17, 15) is 9.59 Å². The molecule has 2 aromatic carbocycles. The standard InChI is InChI=1S/C24H26N2O3S/c1-5-18-7-9-19(10-8-18)24-25-20(14-30-24)13-22(27)29-17(4)23(28)26-21-11-6-15(2)12-16(21)3/h6-12,14,17H,5,13H2,1-4H3,(H,26,28)/t17-/m1/s1. The number of aryl methyl sites for hydroxylation is 3. The van der Waals surface area contributed by atoms with Crippen LogP contribution in [0.5, 0.6) is 0 Å². The number of amides is 1. The van der Waals surface area contributed by atoms with Crippen molar-refractivity contribution >= 4 is 28.9 Å². The average molecular weight is 423 g/mol. The number of anilines is 1. The fraction of sp³-hybridized carbons (Fsp3) is 0.292. The molecule has 0 fully saturated rings. The molecule has 0 saturated carbocycles. The van der Waals surface area contributed by atoms with Gasteiger partial charge in [-0.2, -0.15) is 0 Å². The Labute approximate surface area is 181 Å². The summed E-state index contributed by atoms with van der Waals surface area (Å²) in [6.45, 7) is 7.60. The Hall–Kier alpha value is -2.99. The van der Waals surface area contributed by atoms with Gasteiger partial charge in [0.05, 0.1) is 12.1 Å². The molecule has 3 aromatic rings. The second-order valence-electron chi connectivity index (χ2n) is 7.31. The lowest BCUT2D eigenvalue weighted by Crippen LogP contribution is -2.30. The predicted molar refractivity (Wildman–Crippen MR) is 121 cm³/mol. The number of ether oxygens (including phenoxy) is 1. The van der Waals surface area contributed by atoms with Crippen LogP contribution in [-0.4, -0.2) is 23.0 Å². The molecule has 1 aromatic heterocycles. The molecular formula is C24H26N2O3S. The molecule has 0 saturated heterocycles. The quantitative estimate of drug-likeness (QED) is 0.538. The molecule has 3 rings (SSSR count). The van der Waals surface area contributed by atoms with Gasteiger partial charge in [0.1, 0.15) is 5.01 Å². The van der Waals surface area contributed by atoms with Gasteiger partial charge in [0.2, 0.25) is 0 Å². The summed E-state index contributed by atoms with van der Waals surface area (Å²) in [5.41, 5.74) is 5.73. The molecule has 6 heteroatoms. The summed E-state index contributed by atoms with van der Waals surface area (Å²) in [6, 6.07) is 14.0. The highest BCUT2D eigenvalue weighted by Crippen LogP contribution is 2.24. The van der Waals surface area contributed by atoms with E-state index >= 15 is 0 Å². The van der Waals surface area contributed by atoms with E-state index in [0.717, 1.165) is 28.1 Å². The lowest BCUT2D eigenvalue weighted by atomic mass is 10.1. The number of carbonyl (C=O) groups is 2. The maximum Gasteiger partial charge on any atom is 0.312 e. The monoisotopic (exact) mass is 422 g/mol. The lowest BCUT2D eigenvalue weighted by Gasteiger charge is -2.14. The van der Waals surface area contributed by atoms with Gasteiger partial charge in [0.15, 0.2) is 6.10 Å². The van der Waals surface area contributed by atoms with E-state index in [2.05, 4.69) is 29.4 Å². The van der Waals surface area contributed by atoms with Gasteiger partial charge in [-0.15, -0.1) is 11.3 Å². The molecular weight excluding hydrogens is 396 g/mol. The molecule has 0 aliphatic rings. The van der Waals surface area contributed by atoms with Crippen LogP contribution in [0.15, 0.2) is 47.8 Å². The van der Waals surface area contributed by atoms with Gasteiger partial charge >= 0.3 is 5.97 Å². The predicted octanol–water partition coefficient (Wildman–Crippen LogP) is 5.10. The number of hydrogen-bond donors (Lipinski definition) is 1. The average Bonchev–Trinajstić information content (AvgIpc) is 3.18. The summed E-state index contributed by atoms with van der Waals surface area (Å²) >= 11 is 1.49. The maximum atomic E-state index is 12.4. The minimum absolute atomic E-state index is 0.0325. The van der Waals surface area contributed by atoms with Crippen molar-refractivity contribution in [3.63, 3.8) is 0 Å². The molecule has 0 radical (unpaired) electrons. The van der Waals surface area contributed by atoms with E-state index < -0.39 is 12.1 Å². The van der Waals surface area contributed by atoms with Crippen molar-refractivity contribution in [1.29, 1.82) is 0 Å². The van der Waals surface area contributed by atoms with Crippen LogP contribution < -0.4 is 5.32 Å². The number of hydrogen-bond acceptors (Lipinski definition) is 5. The third kappa shape index (κ3) is 5.54. The Morgan fingerprint density at radius 3 is 2.53 bits per heavy atom. The fourth-order valence-corrected chi connectivity index (χ4v) is 3.86. The number of nitrogens with zero attached hydrogens (tertiary/aromatic N) is 1. The third-order valence-electron chi connectivity index (χ3n) is 4.80. The minimum Gasteiger partial charge on any atom is -0.452 e. The zero-order valence-corrected chi connectivity index (χ0v) is 18.5. The zero-order chi connectivity index (χ0) is 21.7. The molecule has 156 valence electrons. The summed E-state index contributed by atoms with van der Waals surface area (Å²) in [5.74, 6) is -0.832. The molecule has 0 aliphatic heterocycles.